The third-order valence-corrected chi connectivity index (χ3v) is 2.42. The molecule has 92 valence electrons. The Labute approximate surface area is 101 Å². The zero-order valence-electron chi connectivity index (χ0n) is 10.1. The number of oxime groups is 1. The molecule has 1 aromatic rings. The van der Waals surface area contributed by atoms with Crippen molar-refractivity contribution in [1.82, 2.24) is 0 Å². The fourth-order valence-corrected chi connectivity index (χ4v) is 1.50. The van der Waals surface area contributed by atoms with E-state index in [4.69, 9.17) is 9.94 Å². The number of nitrogens with zero attached hydrogens (tertiary/aromatic N) is 1. The number of carbonyl (C=O) groups excluding carboxylic acids is 1. The van der Waals surface area contributed by atoms with Crippen LogP contribution in [0.3, 0.4) is 0 Å². The van der Waals surface area contributed by atoms with Crippen molar-refractivity contribution in [2.45, 2.75) is 20.3 Å². The van der Waals surface area contributed by atoms with Gasteiger partial charge in [-0.25, -0.2) is 0 Å². The zero-order valence-corrected chi connectivity index (χ0v) is 10.1. The standard InChI is InChI=1S/C13H17NO3/c1-3-17-13(15)10(2)9-12(14-16)11-7-5-4-6-8-11/h4-8,10,16H,3,9H2,1-2H3/b14-12-. The predicted molar refractivity (Wildman–Crippen MR) is 65.2 cm³/mol. The van der Waals surface area contributed by atoms with Crippen LogP contribution in [0.2, 0.25) is 0 Å². The highest BCUT2D eigenvalue weighted by molar-refractivity contribution is 6.01. The average molecular weight is 235 g/mol. The lowest BCUT2D eigenvalue weighted by Gasteiger charge is -2.11. The summed E-state index contributed by atoms with van der Waals surface area (Å²) in [4.78, 5) is 11.5. The van der Waals surface area contributed by atoms with Crippen LogP contribution in [0, 0.1) is 5.92 Å². The third kappa shape index (κ3) is 3.90. The molecule has 1 atom stereocenters. The lowest BCUT2D eigenvalue weighted by Crippen LogP contribution is -2.18. The van der Waals surface area contributed by atoms with Crippen LogP contribution < -0.4 is 0 Å². The monoisotopic (exact) mass is 235 g/mol. The molecule has 0 saturated heterocycles. The highest BCUT2D eigenvalue weighted by atomic mass is 16.5. The average Bonchev–Trinajstić information content (AvgIpc) is 2.37. The summed E-state index contributed by atoms with van der Waals surface area (Å²) in [5.74, 6) is -0.592. The largest absolute Gasteiger partial charge is 0.466 e. The Balaban J connectivity index is 2.69. The van der Waals surface area contributed by atoms with E-state index < -0.39 is 0 Å². The summed E-state index contributed by atoms with van der Waals surface area (Å²) in [6, 6.07) is 9.28. The molecular weight excluding hydrogens is 218 g/mol. The minimum absolute atomic E-state index is 0.274. The van der Waals surface area contributed by atoms with E-state index in [0.29, 0.717) is 18.7 Å². The van der Waals surface area contributed by atoms with Crippen LogP contribution in [0.15, 0.2) is 35.5 Å². The Bertz CT molecular complexity index is 387. The Morgan fingerprint density at radius 3 is 2.59 bits per heavy atom. The van der Waals surface area contributed by atoms with Crippen LogP contribution in [0.5, 0.6) is 0 Å². The number of benzene rings is 1. The summed E-state index contributed by atoms with van der Waals surface area (Å²) in [6.45, 7) is 3.88. The van der Waals surface area contributed by atoms with E-state index in [-0.39, 0.29) is 11.9 Å². The van der Waals surface area contributed by atoms with E-state index in [1.54, 1.807) is 13.8 Å². The second-order valence-corrected chi connectivity index (χ2v) is 3.77. The van der Waals surface area contributed by atoms with E-state index >= 15 is 0 Å². The zero-order chi connectivity index (χ0) is 12.7. The van der Waals surface area contributed by atoms with Crippen molar-refractivity contribution >= 4 is 11.7 Å². The fourth-order valence-electron chi connectivity index (χ4n) is 1.50. The Kier molecular flexibility index (Phi) is 5.20. The Morgan fingerprint density at radius 2 is 2.06 bits per heavy atom. The molecule has 1 N–H and O–H groups in total. The molecule has 17 heavy (non-hydrogen) atoms. The van der Waals surface area contributed by atoms with Crippen LogP contribution in [-0.2, 0) is 9.53 Å². The highest BCUT2D eigenvalue weighted by Crippen LogP contribution is 2.12. The van der Waals surface area contributed by atoms with Gasteiger partial charge in [-0.1, -0.05) is 42.4 Å². The SMILES string of the molecule is CCOC(=O)C(C)C/C(=N/O)c1ccccc1. The molecule has 1 rings (SSSR count). The first-order valence-electron chi connectivity index (χ1n) is 5.62. The van der Waals surface area contributed by atoms with Crippen molar-refractivity contribution in [3.63, 3.8) is 0 Å². The van der Waals surface area contributed by atoms with Gasteiger partial charge >= 0.3 is 5.97 Å². The van der Waals surface area contributed by atoms with Gasteiger partial charge in [0.15, 0.2) is 0 Å². The van der Waals surface area contributed by atoms with Crippen LogP contribution in [-0.4, -0.2) is 23.5 Å². The minimum Gasteiger partial charge on any atom is -0.466 e. The molecule has 0 bridgehead atoms. The number of carbonyl (C=O) groups is 1. The van der Waals surface area contributed by atoms with Crippen LogP contribution in [0.4, 0.5) is 0 Å². The van der Waals surface area contributed by atoms with Crippen molar-refractivity contribution in [1.29, 1.82) is 0 Å². The second kappa shape index (κ2) is 6.68. The fraction of sp³-hybridized carbons (Fsp3) is 0.385. The summed E-state index contributed by atoms with van der Waals surface area (Å²) in [7, 11) is 0. The number of esters is 1. The number of rotatable bonds is 5. The smallest absolute Gasteiger partial charge is 0.309 e. The summed E-state index contributed by atoms with van der Waals surface area (Å²) in [5.41, 5.74) is 1.30. The molecule has 0 amide bonds. The molecule has 0 aliphatic carbocycles. The maximum absolute atomic E-state index is 11.5. The molecule has 1 unspecified atom stereocenters. The van der Waals surface area contributed by atoms with Crippen molar-refractivity contribution in [2.75, 3.05) is 6.61 Å². The first kappa shape index (κ1) is 13.2. The van der Waals surface area contributed by atoms with Crippen molar-refractivity contribution < 1.29 is 14.7 Å². The summed E-state index contributed by atoms with van der Waals surface area (Å²) in [5, 5.41) is 12.2. The van der Waals surface area contributed by atoms with Gasteiger partial charge in [0, 0.05) is 6.42 Å². The Hall–Kier alpha value is -1.84. The van der Waals surface area contributed by atoms with Gasteiger partial charge in [0.05, 0.1) is 18.2 Å². The molecular formula is C13H17NO3. The molecule has 0 aromatic heterocycles. The summed E-state index contributed by atoms with van der Waals surface area (Å²) >= 11 is 0. The van der Waals surface area contributed by atoms with Gasteiger partial charge in [0.25, 0.3) is 0 Å². The molecule has 0 heterocycles. The van der Waals surface area contributed by atoms with E-state index in [1.165, 1.54) is 0 Å². The Morgan fingerprint density at radius 1 is 1.41 bits per heavy atom. The molecule has 4 nitrogen and oxygen atoms in total. The van der Waals surface area contributed by atoms with Gasteiger partial charge in [-0.15, -0.1) is 0 Å². The highest BCUT2D eigenvalue weighted by Gasteiger charge is 2.17. The van der Waals surface area contributed by atoms with Gasteiger partial charge in [-0.2, -0.15) is 0 Å². The van der Waals surface area contributed by atoms with Crippen LogP contribution in [0.1, 0.15) is 25.8 Å². The number of hydrogen-bond acceptors (Lipinski definition) is 4. The summed E-state index contributed by atoms with van der Waals surface area (Å²) < 4.78 is 4.91. The van der Waals surface area contributed by atoms with Crippen molar-refractivity contribution in [2.24, 2.45) is 11.1 Å². The predicted octanol–water partition coefficient (Wildman–Crippen LogP) is 2.45. The number of ether oxygens (including phenoxy) is 1. The van der Waals surface area contributed by atoms with E-state index in [2.05, 4.69) is 5.16 Å². The first-order valence-corrected chi connectivity index (χ1v) is 5.62. The normalized spacial score (nSPS) is 13.2. The molecule has 0 spiro atoms. The van der Waals surface area contributed by atoms with Gasteiger partial charge in [0.1, 0.15) is 0 Å². The number of hydrogen-bond donors (Lipinski definition) is 1. The van der Waals surface area contributed by atoms with Crippen molar-refractivity contribution in [3.05, 3.63) is 35.9 Å². The maximum Gasteiger partial charge on any atom is 0.309 e. The van der Waals surface area contributed by atoms with E-state index in [9.17, 15) is 4.79 Å². The lowest BCUT2D eigenvalue weighted by molar-refractivity contribution is -0.147. The van der Waals surface area contributed by atoms with Gasteiger partial charge in [-0.05, 0) is 12.5 Å². The van der Waals surface area contributed by atoms with E-state index in [1.807, 2.05) is 30.3 Å². The molecule has 1 aromatic carbocycles. The van der Waals surface area contributed by atoms with Crippen LogP contribution >= 0.6 is 0 Å². The first-order chi connectivity index (χ1) is 8.19. The van der Waals surface area contributed by atoms with Gasteiger partial charge < -0.3 is 9.94 Å². The van der Waals surface area contributed by atoms with Gasteiger partial charge in [-0.3, -0.25) is 4.79 Å². The van der Waals surface area contributed by atoms with E-state index in [0.717, 1.165) is 5.56 Å². The third-order valence-electron chi connectivity index (χ3n) is 2.42. The molecule has 0 fully saturated rings. The summed E-state index contributed by atoms with van der Waals surface area (Å²) in [6.07, 6.45) is 0.360. The molecule has 0 saturated carbocycles. The molecule has 0 radical (unpaired) electrons. The quantitative estimate of drug-likeness (QED) is 0.369. The lowest BCUT2D eigenvalue weighted by atomic mass is 9.99. The van der Waals surface area contributed by atoms with Gasteiger partial charge in [0.2, 0.25) is 0 Å². The maximum atomic E-state index is 11.5. The molecule has 0 aliphatic heterocycles. The van der Waals surface area contributed by atoms with Crippen LogP contribution in [0.25, 0.3) is 0 Å². The second-order valence-electron chi connectivity index (χ2n) is 3.77. The molecule has 4 heteroatoms. The molecule has 0 aliphatic rings. The topological polar surface area (TPSA) is 58.9 Å². The van der Waals surface area contributed by atoms with Crippen molar-refractivity contribution in [3.8, 4) is 0 Å². The minimum atomic E-state index is -0.318.